The predicted octanol–water partition coefficient (Wildman–Crippen LogP) is 2.55. The Morgan fingerprint density at radius 2 is 1.67 bits per heavy atom. The molecule has 0 heterocycles. The summed E-state index contributed by atoms with van der Waals surface area (Å²) in [5.74, 6) is -1.12. The van der Waals surface area contributed by atoms with Crippen molar-refractivity contribution in [3.63, 3.8) is 0 Å². The molecule has 0 aromatic carbocycles. The summed E-state index contributed by atoms with van der Waals surface area (Å²) < 4.78 is 37.6. The Morgan fingerprint density at radius 3 is 1.94 bits per heavy atom. The molecule has 108 valence electrons. The highest BCUT2D eigenvalue weighted by molar-refractivity contribution is 5.79. The third kappa shape index (κ3) is 5.25. The maximum atomic E-state index is 12.5. The van der Waals surface area contributed by atoms with Crippen molar-refractivity contribution in [3.8, 4) is 0 Å². The second kappa shape index (κ2) is 6.97. The van der Waals surface area contributed by atoms with E-state index in [1.165, 1.54) is 0 Å². The van der Waals surface area contributed by atoms with Gasteiger partial charge >= 0.3 is 6.18 Å². The van der Waals surface area contributed by atoms with Gasteiger partial charge in [-0.15, -0.1) is 0 Å². The number of alkyl halides is 3. The minimum atomic E-state index is -4.38. The van der Waals surface area contributed by atoms with Gasteiger partial charge in [0.2, 0.25) is 5.91 Å². The van der Waals surface area contributed by atoms with Gasteiger partial charge in [-0.05, 0) is 19.8 Å². The molecule has 1 amide bonds. The molecule has 18 heavy (non-hydrogen) atoms. The topological polar surface area (TPSA) is 46.3 Å². The molecule has 0 bridgehead atoms. The first-order valence-electron chi connectivity index (χ1n) is 6.26. The van der Waals surface area contributed by atoms with Crippen LogP contribution in [0, 0.1) is 5.92 Å². The summed E-state index contributed by atoms with van der Waals surface area (Å²) >= 11 is 0. The van der Waals surface area contributed by atoms with Crippen molar-refractivity contribution in [1.82, 2.24) is 4.90 Å². The fourth-order valence-electron chi connectivity index (χ4n) is 1.80. The monoisotopic (exact) mass is 268 g/mol. The highest BCUT2D eigenvalue weighted by Crippen LogP contribution is 2.22. The Bertz CT molecular complexity index is 263. The summed E-state index contributed by atoms with van der Waals surface area (Å²) in [4.78, 5) is 13.0. The van der Waals surface area contributed by atoms with E-state index < -0.39 is 30.6 Å². The number of halogens is 3. The Hall–Kier alpha value is -0.780. The molecule has 2 unspecified atom stereocenters. The highest BCUT2D eigenvalue weighted by atomic mass is 19.4. The number of nitrogens with zero attached hydrogens (tertiary/aromatic N) is 1. The van der Waals surface area contributed by atoms with E-state index >= 15 is 0 Å². The van der Waals surface area contributed by atoms with E-state index in [0.29, 0.717) is 12.8 Å². The fraction of sp³-hybridized carbons (Fsp3) is 0.917. The van der Waals surface area contributed by atoms with Crippen molar-refractivity contribution in [3.05, 3.63) is 0 Å². The summed E-state index contributed by atoms with van der Waals surface area (Å²) in [7, 11) is 0. The van der Waals surface area contributed by atoms with Crippen molar-refractivity contribution in [1.29, 1.82) is 0 Å². The lowest BCUT2D eigenvalue weighted by atomic mass is 10.0. The summed E-state index contributed by atoms with van der Waals surface area (Å²) in [6.07, 6.45) is -3.37. The molecule has 2 atom stereocenters. The molecular weight excluding hydrogens is 245 g/mol. The van der Waals surface area contributed by atoms with E-state index in [4.69, 9.17) is 5.73 Å². The third-order valence-corrected chi connectivity index (χ3v) is 3.19. The van der Waals surface area contributed by atoms with Crippen LogP contribution in [-0.2, 0) is 4.79 Å². The maximum absolute atomic E-state index is 12.5. The first kappa shape index (κ1) is 17.2. The van der Waals surface area contributed by atoms with Crippen LogP contribution in [0.2, 0.25) is 0 Å². The Morgan fingerprint density at radius 1 is 1.22 bits per heavy atom. The van der Waals surface area contributed by atoms with Crippen LogP contribution in [0.3, 0.4) is 0 Å². The van der Waals surface area contributed by atoms with E-state index in [0.717, 1.165) is 4.90 Å². The number of nitrogens with two attached hydrogens (primary N) is 1. The smallest absolute Gasteiger partial charge is 0.330 e. The average molecular weight is 268 g/mol. The molecule has 0 aromatic rings. The van der Waals surface area contributed by atoms with Crippen LogP contribution in [0.25, 0.3) is 0 Å². The van der Waals surface area contributed by atoms with E-state index in [-0.39, 0.29) is 6.04 Å². The quantitative estimate of drug-likeness (QED) is 0.804. The van der Waals surface area contributed by atoms with Crippen LogP contribution in [0.1, 0.15) is 40.5 Å². The molecular formula is C12H23F3N2O. The average Bonchev–Trinajstić information content (AvgIpc) is 2.25. The largest absolute Gasteiger partial charge is 0.406 e. The van der Waals surface area contributed by atoms with Gasteiger partial charge in [0.05, 0.1) is 5.92 Å². The van der Waals surface area contributed by atoms with E-state index in [1.807, 2.05) is 0 Å². The second-order valence-corrected chi connectivity index (χ2v) is 4.70. The van der Waals surface area contributed by atoms with Crippen molar-refractivity contribution in [2.75, 3.05) is 6.54 Å². The van der Waals surface area contributed by atoms with Crippen molar-refractivity contribution in [2.45, 2.75) is 58.8 Å². The molecule has 0 aliphatic carbocycles. The van der Waals surface area contributed by atoms with Gasteiger partial charge in [-0.3, -0.25) is 4.79 Å². The summed E-state index contributed by atoms with van der Waals surface area (Å²) in [5, 5.41) is 0. The number of hydrogen-bond acceptors (Lipinski definition) is 2. The molecule has 0 saturated carbocycles. The number of carbonyl (C=O) groups excluding carboxylic acids is 1. The van der Waals surface area contributed by atoms with Crippen LogP contribution < -0.4 is 5.73 Å². The van der Waals surface area contributed by atoms with E-state index in [1.54, 1.807) is 27.7 Å². The molecule has 6 heteroatoms. The molecule has 0 fully saturated rings. The lowest BCUT2D eigenvalue weighted by molar-refractivity contribution is -0.168. The van der Waals surface area contributed by atoms with Gasteiger partial charge in [-0.1, -0.05) is 20.8 Å². The lowest BCUT2D eigenvalue weighted by Crippen LogP contribution is -2.50. The second-order valence-electron chi connectivity index (χ2n) is 4.70. The van der Waals surface area contributed by atoms with Crippen molar-refractivity contribution in [2.24, 2.45) is 11.7 Å². The molecule has 0 rings (SSSR count). The number of rotatable bonds is 6. The van der Waals surface area contributed by atoms with Crippen LogP contribution in [0.15, 0.2) is 0 Å². The minimum Gasteiger partial charge on any atom is -0.330 e. The zero-order valence-corrected chi connectivity index (χ0v) is 11.4. The van der Waals surface area contributed by atoms with Crippen LogP contribution >= 0.6 is 0 Å². The number of hydrogen-bond donors (Lipinski definition) is 1. The molecule has 2 N–H and O–H groups in total. The van der Waals surface area contributed by atoms with Gasteiger partial charge in [0, 0.05) is 12.1 Å². The number of carbonyl (C=O) groups is 1. The van der Waals surface area contributed by atoms with Gasteiger partial charge in [-0.2, -0.15) is 13.2 Å². The van der Waals surface area contributed by atoms with Gasteiger partial charge in [0.25, 0.3) is 0 Å². The molecule has 0 aromatic heterocycles. The number of amides is 1. The SMILES string of the molecule is CCC(CC)N(CC(F)(F)F)C(=O)C(C)C(C)N. The van der Waals surface area contributed by atoms with Gasteiger partial charge in [0.15, 0.2) is 0 Å². The maximum Gasteiger partial charge on any atom is 0.406 e. The molecule has 0 saturated heterocycles. The van der Waals surface area contributed by atoms with E-state index in [2.05, 4.69) is 0 Å². The zero-order valence-electron chi connectivity index (χ0n) is 11.4. The first-order valence-corrected chi connectivity index (χ1v) is 6.26. The summed E-state index contributed by atoms with van der Waals surface area (Å²) in [6, 6.07) is -0.845. The Labute approximate surface area is 107 Å². The molecule has 0 aliphatic heterocycles. The minimum absolute atomic E-state index is 0.389. The standard InChI is InChI=1S/C12H23F3N2O/c1-5-10(6-2)17(7-12(13,14)15)11(18)8(3)9(4)16/h8-10H,5-7,16H2,1-4H3. The van der Waals surface area contributed by atoms with Crippen molar-refractivity contribution >= 4 is 5.91 Å². The Balaban J connectivity index is 5.02. The molecule has 0 spiro atoms. The van der Waals surface area contributed by atoms with Crippen molar-refractivity contribution < 1.29 is 18.0 Å². The summed E-state index contributed by atoms with van der Waals surface area (Å²) in [5.41, 5.74) is 5.59. The van der Waals surface area contributed by atoms with Crippen LogP contribution in [-0.4, -0.2) is 35.6 Å². The molecule has 0 aliphatic rings. The molecule has 0 radical (unpaired) electrons. The Kier molecular flexibility index (Phi) is 6.67. The van der Waals surface area contributed by atoms with Gasteiger partial charge in [-0.25, -0.2) is 0 Å². The van der Waals surface area contributed by atoms with Crippen LogP contribution in [0.5, 0.6) is 0 Å². The lowest BCUT2D eigenvalue weighted by Gasteiger charge is -2.34. The molecule has 3 nitrogen and oxygen atoms in total. The van der Waals surface area contributed by atoms with Crippen LogP contribution in [0.4, 0.5) is 13.2 Å². The predicted molar refractivity (Wildman–Crippen MR) is 65.0 cm³/mol. The zero-order chi connectivity index (χ0) is 14.5. The summed E-state index contributed by atoms with van der Waals surface area (Å²) in [6.45, 7) is 5.55. The normalized spacial score (nSPS) is 15.6. The van der Waals surface area contributed by atoms with Gasteiger partial charge < -0.3 is 10.6 Å². The van der Waals surface area contributed by atoms with Gasteiger partial charge in [0.1, 0.15) is 6.54 Å². The first-order chi connectivity index (χ1) is 8.14. The fourth-order valence-corrected chi connectivity index (χ4v) is 1.80. The third-order valence-electron chi connectivity index (χ3n) is 3.19. The van der Waals surface area contributed by atoms with E-state index in [9.17, 15) is 18.0 Å². The highest BCUT2D eigenvalue weighted by Gasteiger charge is 2.37.